The minimum absolute atomic E-state index is 0.00625. The first kappa shape index (κ1) is 18.2. The molecular weight excluding hydrogens is 324 g/mol. The largest absolute Gasteiger partial charge is 0.338 e. The van der Waals surface area contributed by atoms with Crippen molar-refractivity contribution >= 4 is 17.5 Å². The Bertz CT molecular complexity index is 798. The highest BCUT2D eigenvalue weighted by Crippen LogP contribution is 2.32. The summed E-state index contributed by atoms with van der Waals surface area (Å²) in [6, 6.07) is 16.4. The summed E-state index contributed by atoms with van der Waals surface area (Å²) >= 11 is 0. The zero-order valence-corrected chi connectivity index (χ0v) is 15.7. The molecule has 26 heavy (non-hydrogen) atoms. The first-order chi connectivity index (χ1) is 12.5. The lowest BCUT2D eigenvalue weighted by molar-refractivity contribution is -0.130. The van der Waals surface area contributed by atoms with Crippen molar-refractivity contribution in [3.63, 3.8) is 0 Å². The van der Waals surface area contributed by atoms with Crippen molar-refractivity contribution in [3.8, 4) is 0 Å². The standard InChI is InChI=1S/C22H26N2O2/c1-16-8-10-19(11-9-16)15-23(18(3)25)13-12-22(26)24-17(2)14-20-6-4-5-7-21(20)24/h4-11,17H,12-15H2,1-3H3. The van der Waals surface area contributed by atoms with Crippen molar-refractivity contribution < 1.29 is 9.59 Å². The van der Waals surface area contributed by atoms with Gasteiger partial charge in [-0.1, -0.05) is 48.0 Å². The quantitative estimate of drug-likeness (QED) is 0.825. The third kappa shape index (κ3) is 3.96. The van der Waals surface area contributed by atoms with E-state index < -0.39 is 0 Å². The molecule has 0 fully saturated rings. The Kier molecular flexibility index (Phi) is 5.40. The lowest BCUT2D eigenvalue weighted by atomic mass is 10.1. The molecule has 2 aromatic carbocycles. The molecule has 4 nitrogen and oxygen atoms in total. The molecule has 3 rings (SSSR count). The highest BCUT2D eigenvalue weighted by Gasteiger charge is 2.30. The van der Waals surface area contributed by atoms with Gasteiger partial charge in [-0.05, 0) is 37.5 Å². The highest BCUT2D eigenvalue weighted by molar-refractivity contribution is 5.96. The summed E-state index contributed by atoms with van der Waals surface area (Å²) in [5, 5.41) is 0. The van der Waals surface area contributed by atoms with E-state index in [1.54, 1.807) is 11.8 Å². The molecule has 1 atom stereocenters. The zero-order valence-electron chi connectivity index (χ0n) is 15.7. The van der Waals surface area contributed by atoms with Crippen molar-refractivity contribution in [1.29, 1.82) is 0 Å². The summed E-state index contributed by atoms with van der Waals surface area (Å²) in [4.78, 5) is 28.5. The van der Waals surface area contributed by atoms with E-state index in [2.05, 4.69) is 13.0 Å². The zero-order chi connectivity index (χ0) is 18.7. The Hall–Kier alpha value is -2.62. The van der Waals surface area contributed by atoms with Crippen molar-refractivity contribution in [1.82, 2.24) is 4.90 Å². The first-order valence-corrected chi connectivity index (χ1v) is 9.16. The number of benzene rings is 2. The van der Waals surface area contributed by atoms with Gasteiger partial charge in [0.05, 0.1) is 0 Å². The minimum Gasteiger partial charge on any atom is -0.338 e. The molecule has 4 heteroatoms. The summed E-state index contributed by atoms with van der Waals surface area (Å²) in [7, 11) is 0. The van der Waals surface area contributed by atoms with E-state index in [1.807, 2.05) is 54.3 Å². The predicted molar refractivity (Wildman–Crippen MR) is 104 cm³/mol. The van der Waals surface area contributed by atoms with E-state index >= 15 is 0 Å². The molecule has 0 spiro atoms. The molecule has 1 unspecified atom stereocenters. The lowest BCUT2D eigenvalue weighted by Gasteiger charge is -2.26. The van der Waals surface area contributed by atoms with Crippen LogP contribution in [0, 0.1) is 6.92 Å². The van der Waals surface area contributed by atoms with Gasteiger partial charge in [0, 0.05) is 38.2 Å². The van der Waals surface area contributed by atoms with Crippen LogP contribution in [0.5, 0.6) is 0 Å². The second kappa shape index (κ2) is 7.73. The van der Waals surface area contributed by atoms with Gasteiger partial charge in [-0.15, -0.1) is 0 Å². The maximum Gasteiger partial charge on any atom is 0.229 e. The lowest BCUT2D eigenvalue weighted by Crippen LogP contribution is -2.39. The van der Waals surface area contributed by atoms with Gasteiger partial charge >= 0.3 is 0 Å². The SMILES string of the molecule is CC(=O)N(CCC(=O)N1c2ccccc2CC1C)Cc1ccc(C)cc1. The van der Waals surface area contributed by atoms with Crippen LogP contribution in [-0.4, -0.2) is 29.3 Å². The molecule has 2 amide bonds. The highest BCUT2D eigenvalue weighted by atomic mass is 16.2. The number of anilines is 1. The Morgan fingerprint density at radius 3 is 2.50 bits per heavy atom. The Morgan fingerprint density at radius 2 is 1.81 bits per heavy atom. The molecule has 0 radical (unpaired) electrons. The number of carbonyl (C=O) groups is 2. The van der Waals surface area contributed by atoms with Crippen LogP contribution in [0.3, 0.4) is 0 Å². The molecule has 136 valence electrons. The molecule has 0 saturated carbocycles. The fourth-order valence-corrected chi connectivity index (χ4v) is 3.56. The molecule has 0 N–H and O–H groups in total. The van der Waals surface area contributed by atoms with E-state index in [1.165, 1.54) is 11.1 Å². The normalized spacial score (nSPS) is 15.7. The third-order valence-corrected chi connectivity index (χ3v) is 5.01. The summed E-state index contributed by atoms with van der Waals surface area (Å²) in [5.74, 6) is 0.0749. The molecule has 0 aromatic heterocycles. The Balaban J connectivity index is 1.65. The van der Waals surface area contributed by atoms with Gasteiger partial charge in [-0.25, -0.2) is 0 Å². The summed E-state index contributed by atoms with van der Waals surface area (Å²) < 4.78 is 0. The van der Waals surface area contributed by atoms with E-state index in [9.17, 15) is 9.59 Å². The number of hydrogen-bond donors (Lipinski definition) is 0. The van der Waals surface area contributed by atoms with Crippen LogP contribution in [0.15, 0.2) is 48.5 Å². The van der Waals surface area contributed by atoms with Crippen LogP contribution in [-0.2, 0) is 22.6 Å². The molecular formula is C22H26N2O2. The average molecular weight is 350 g/mol. The van der Waals surface area contributed by atoms with Crippen LogP contribution in [0.2, 0.25) is 0 Å². The van der Waals surface area contributed by atoms with E-state index in [0.717, 1.165) is 17.7 Å². The molecule has 1 aliphatic heterocycles. The van der Waals surface area contributed by atoms with Gasteiger partial charge in [0.25, 0.3) is 0 Å². The maximum absolute atomic E-state index is 12.8. The van der Waals surface area contributed by atoms with Gasteiger partial charge in [-0.2, -0.15) is 0 Å². The van der Waals surface area contributed by atoms with Gasteiger partial charge < -0.3 is 9.80 Å². The number of para-hydroxylation sites is 1. The number of carbonyl (C=O) groups excluding carboxylic acids is 2. The van der Waals surface area contributed by atoms with Crippen LogP contribution in [0.1, 0.15) is 37.0 Å². The predicted octanol–water partition coefficient (Wildman–Crippen LogP) is 3.71. The maximum atomic E-state index is 12.8. The van der Waals surface area contributed by atoms with Crippen LogP contribution >= 0.6 is 0 Å². The minimum atomic E-state index is -0.00625. The fourth-order valence-electron chi connectivity index (χ4n) is 3.56. The summed E-state index contributed by atoms with van der Waals surface area (Å²) in [6.07, 6.45) is 1.23. The van der Waals surface area contributed by atoms with Gasteiger partial charge in [0.15, 0.2) is 0 Å². The Morgan fingerprint density at radius 1 is 1.12 bits per heavy atom. The summed E-state index contributed by atoms with van der Waals surface area (Å²) in [5.41, 5.74) is 4.51. The van der Waals surface area contributed by atoms with Crippen LogP contribution < -0.4 is 4.90 Å². The van der Waals surface area contributed by atoms with E-state index in [4.69, 9.17) is 0 Å². The number of fused-ring (bicyclic) bond motifs is 1. The second-order valence-corrected chi connectivity index (χ2v) is 7.12. The van der Waals surface area contributed by atoms with Crippen molar-refractivity contribution in [3.05, 3.63) is 65.2 Å². The molecule has 1 aliphatic rings. The summed E-state index contributed by atoms with van der Waals surface area (Å²) in [6.45, 7) is 6.65. The van der Waals surface area contributed by atoms with E-state index in [-0.39, 0.29) is 17.9 Å². The van der Waals surface area contributed by atoms with Gasteiger partial charge in [-0.3, -0.25) is 9.59 Å². The number of hydrogen-bond acceptors (Lipinski definition) is 2. The fraction of sp³-hybridized carbons (Fsp3) is 0.364. The van der Waals surface area contributed by atoms with Crippen LogP contribution in [0.25, 0.3) is 0 Å². The third-order valence-electron chi connectivity index (χ3n) is 5.01. The smallest absolute Gasteiger partial charge is 0.229 e. The number of amides is 2. The molecule has 1 heterocycles. The second-order valence-electron chi connectivity index (χ2n) is 7.12. The molecule has 2 aromatic rings. The Labute approximate surface area is 155 Å². The molecule has 0 bridgehead atoms. The van der Waals surface area contributed by atoms with Crippen molar-refractivity contribution in [2.75, 3.05) is 11.4 Å². The molecule has 0 saturated heterocycles. The van der Waals surface area contributed by atoms with E-state index in [0.29, 0.717) is 19.5 Å². The van der Waals surface area contributed by atoms with Gasteiger partial charge in [0.1, 0.15) is 0 Å². The monoisotopic (exact) mass is 350 g/mol. The number of nitrogens with zero attached hydrogens (tertiary/aromatic N) is 2. The van der Waals surface area contributed by atoms with Gasteiger partial charge in [0.2, 0.25) is 11.8 Å². The number of aryl methyl sites for hydroxylation is 1. The average Bonchev–Trinajstić information content (AvgIpc) is 2.95. The van der Waals surface area contributed by atoms with Crippen LogP contribution in [0.4, 0.5) is 5.69 Å². The first-order valence-electron chi connectivity index (χ1n) is 9.16. The van der Waals surface area contributed by atoms with Crippen molar-refractivity contribution in [2.45, 2.75) is 46.2 Å². The van der Waals surface area contributed by atoms with Crippen molar-refractivity contribution in [2.24, 2.45) is 0 Å². The number of rotatable bonds is 5. The molecule has 0 aliphatic carbocycles. The topological polar surface area (TPSA) is 40.6 Å².